The minimum Gasteiger partial charge on any atom is -0.395 e. The molecule has 6 heteroatoms. The van der Waals surface area contributed by atoms with Crippen LogP contribution in [0.2, 0.25) is 0 Å². The lowest BCUT2D eigenvalue weighted by Gasteiger charge is -2.36. The van der Waals surface area contributed by atoms with Crippen LogP contribution in [-0.4, -0.2) is 37.6 Å². The molecule has 3 aromatic rings. The molecule has 0 saturated carbocycles. The number of benzene rings is 2. The van der Waals surface area contributed by atoms with Crippen LogP contribution < -0.4 is 10.7 Å². The summed E-state index contributed by atoms with van der Waals surface area (Å²) in [7, 11) is 0. The van der Waals surface area contributed by atoms with Gasteiger partial charge in [0.05, 0.1) is 0 Å². The van der Waals surface area contributed by atoms with E-state index < -0.39 is 5.82 Å². The van der Waals surface area contributed by atoms with Gasteiger partial charge in [-0.25, -0.2) is 4.79 Å². The predicted octanol–water partition coefficient (Wildman–Crippen LogP) is 3.99. The summed E-state index contributed by atoms with van der Waals surface area (Å²) >= 11 is 0. The molecule has 5 nitrogen and oxygen atoms in total. The van der Waals surface area contributed by atoms with Crippen molar-refractivity contribution in [2.24, 2.45) is 0 Å². The normalized spacial score (nSPS) is 14.7. The molecule has 0 amide bonds. The molecule has 0 radical (unpaired) electrons. The number of piperazine rings is 1. The number of anilines is 1. The van der Waals surface area contributed by atoms with E-state index in [4.69, 9.17) is 8.83 Å². The molecule has 0 atom stereocenters. The van der Waals surface area contributed by atoms with Crippen LogP contribution in [0, 0.1) is 6.92 Å². The Hall–Kier alpha value is -2.50. The summed E-state index contributed by atoms with van der Waals surface area (Å²) in [6.07, 6.45) is 0.667. The van der Waals surface area contributed by atoms with E-state index in [-0.39, 0.29) is 12.4 Å². The first-order chi connectivity index (χ1) is 13.2. The van der Waals surface area contributed by atoms with Gasteiger partial charge in [-0.15, -0.1) is 12.4 Å². The van der Waals surface area contributed by atoms with Crippen LogP contribution in [0.4, 0.5) is 5.69 Å². The molecule has 1 saturated heterocycles. The lowest BCUT2D eigenvalue weighted by atomic mass is 10.1. The lowest BCUT2D eigenvalue weighted by molar-refractivity contribution is 0.254. The van der Waals surface area contributed by atoms with Crippen molar-refractivity contribution in [3.8, 4) is 11.3 Å². The van der Waals surface area contributed by atoms with Gasteiger partial charge in [-0.05, 0) is 19.1 Å². The molecule has 1 aliphatic heterocycles. The van der Waals surface area contributed by atoms with Crippen LogP contribution in [0.3, 0.4) is 0 Å². The summed E-state index contributed by atoms with van der Waals surface area (Å²) in [6, 6.07) is 18.5. The van der Waals surface area contributed by atoms with E-state index in [1.165, 1.54) is 11.3 Å². The van der Waals surface area contributed by atoms with Crippen molar-refractivity contribution in [3.05, 3.63) is 76.5 Å². The van der Waals surface area contributed by atoms with Crippen LogP contribution in [0.25, 0.3) is 11.3 Å². The smallest absolute Gasteiger partial charge is 0.395 e. The van der Waals surface area contributed by atoms with Crippen LogP contribution in [0.1, 0.15) is 11.3 Å². The second-order valence-electron chi connectivity index (χ2n) is 6.99. The SMILES string of the molecule is Cc1ccc(-c2oc(=O)oc2CCN2CCN(c3ccccc3)CC2)cc1.Cl. The average Bonchev–Trinajstić information content (AvgIpc) is 3.08. The maximum absolute atomic E-state index is 11.6. The van der Waals surface area contributed by atoms with Crippen molar-refractivity contribution in [2.45, 2.75) is 13.3 Å². The fourth-order valence-electron chi connectivity index (χ4n) is 3.53. The first kappa shape index (κ1) is 20.2. The van der Waals surface area contributed by atoms with E-state index in [2.05, 4.69) is 34.1 Å². The van der Waals surface area contributed by atoms with Crippen molar-refractivity contribution >= 4 is 18.1 Å². The summed E-state index contributed by atoms with van der Waals surface area (Å²) in [4.78, 5) is 16.5. The molecular weight excluding hydrogens is 376 g/mol. The van der Waals surface area contributed by atoms with Gasteiger partial charge in [0.2, 0.25) is 0 Å². The van der Waals surface area contributed by atoms with Gasteiger partial charge in [0.15, 0.2) is 11.5 Å². The summed E-state index contributed by atoms with van der Waals surface area (Å²) in [6.45, 7) is 6.89. The van der Waals surface area contributed by atoms with Crippen molar-refractivity contribution in [3.63, 3.8) is 0 Å². The van der Waals surface area contributed by atoms with E-state index in [9.17, 15) is 4.79 Å². The zero-order valence-corrected chi connectivity index (χ0v) is 16.8. The summed E-state index contributed by atoms with van der Waals surface area (Å²) < 4.78 is 10.6. The highest BCUT2D eigenvalue weighted by atomic mass is 35.5. The van der Waals surface area contributed by atoms with Gasteiger partial charge in [-0.1, -0.05) is 48.0 Å². The quantitative estimate of drug-likeness (QED) is 0.648. The van der Waals surface area contributed by atoms with Crippen molar-refractivity contribution in [1.29, 1.82) is 0 Å². The number of aryl methyl sites for hydroxylation is 1. The number of para-hydroxylation sites is 1. The molecule has 1 aliphatic rings. The van der Waals surface area contributed by atoms with Crippen LogP contribution >= 0.6 is 12.4 Å². The van der Waals surface area contributed by atoms with Gasteiger partial charge >= 0.3 is 5.82 Å². The van der Waals surface area contributed by atoms with E-state index in [1.54, 1.807) is 0 Å². The van der Waals surface area contributed by atoms with Crippen molar-refractivity contribution in [2.75, 3.05) is 37.6 Å². The Labute approximate surface area is 171 Å². The zero-order chi connectivity index (χ0) is 18.6. The molecule has 0 aliphatic carbocycles. The van der Waals surface area contributed by atoms with Gasteiger partial charge in [0.25, 0.3) is 0 Å². The number of hydrogen-bond donors (Lipinski definition) is 0. The average molecular weight is 401 g/mol. The zero-order valence-electron chi connectivity index (χ0n) is 16.0. The highest BCUT2D eigenvalue weighted by Crippen LogP contribution is 2.24. The Kier molecular flexibility index (Phi) is 6.60. The van der Waals surface area contributed by atoms with E-state index in [1.807, 2.05) is 37.3 Å². The molecule has 0 spiro atoms. The molecule has 4 rings (SSSR count). The topological polar surface area (TPSA) is 49.8 Å². The lowest BCUT2D eigenvalue weighted by Crippen LogP contribution is -2.47. The Morgan fingerprint density at radius 2 is 1.57 bits per heavy atom. The van der Waals surface area contributed by atoms with E-state index in [0.717, 1.165) is 38.3 Å². The minimum atomic E-state index is -0.630. The second kappa shape index (κ2) is 9.13. The van der Waals surface area contributed by atoms with Crippen molar-refractivity contribution in [1.82, 2.24) is 4.90 Å². The first-order valence-corrected chi connectivity index (χ1v) is 9.41. The fraction of sp³-hybridized carbons (Fsp3) is 0.318. The number of halogens is 1. The molecule has 1 aromatic heterocycles. The third-order valence-corrected chi connectivity index (χ3v) is 5.11. The number of rotatable bonds is 5. The Morgan fingerprint density at radius 1 is 0.893 bits per heavy atom. The molecule has 2 heterocycles. The van der Waals surface area contributed by atoms with Gasteiger partial charge in [-0.3, -0.25) is 4.90 Å². The predicted molar refractivity (Wildman–Crippen MR) is 113 cm³/mol. The monoisotopic (exact) mass is 400 g/mol. The number of hydrogen-bond acceptors (Lipinski definition) is 5. The first-order valence-electron chi connectivity index (χ1n) is 9.41. The molecule has 2 aromatic carbocycles. The maximum atomic E-state index is 11.6. The summed E-state index contributed by atoms with van der Waals surface area (Å²) in [5.74, 6) is 0.562. The third kappa shape index (κ3) is 4.66. The number of nitrogens with zero attached hydrogens (tertiary/aromatic N) is 2. The molecule has 0 N–H and O–H groups in total. The fourth-order valence-corrected chi connectivity index (χ4v) is 3.53. The summed E-state index contributed by atoms with van der Waals surface area (Å²) in [5.41, 5.74) is 3.33. The van der Waals surface area contributed by atoms with E-state index in [0.29, 0.717) is 17.9 Å². The van der Waals surface area contributed by atoms with Gasteiger partial charge in [-0.2, -0.15) is 0 Å². The minimum absolute atomic E-state index is 0. The molecule has 1 fully saturated rings. The highest BCUT2D eigenvalue weighted by Gasteiger charge is 2.20. The molecular formula is C22H25ClN2O3. The van der Waals surface area contributed by atoms with Crippen LogP contribution in [-0.2, 0) is 6.42 Å². The molecule has 148 valence electrons. The molecule has 28 heavy (non-hydrogen) atoms. The second-order valence-corrected chi connectivity index (χ2v) is 6.99. The van der Waals surface area contributed by atoms with Crippen LogP contribution in [0.5, 0.6) is 0 Å². The van der Waals surface area contributed by atoms with Gasteiger partial charge < -0.3 is 13.7 Å². The Bertz CT molecular complexity index is 926. The Morgan fingerprint density at radius 3 is 2.25 bits per heavy atom. The van der Waals surface area contributed by atoms with E-state index >= 15 is 0 Å². The van der Waals surface area contributed by atoms with Crippen LogP contribution in [0.15, 0.2) is 68.2 Å². The van der Waals surface area contributed by atoms with Crippen molar-refractivity contribution < 1.29 is 8.83 Å². The standard InChI is InChI=1S/C22H24N2O3.ClH/c1-17-7-9-18(10-8-17)21-20(26-22(25)27-21)11-12-23-13-15-24(16-14-23)19-5-3-2-4-6-19;/h2-10H,11-16H2,1H3;1H. The molecule has 0 unspecified atom stereocenters. The summed E-state index contributed by atoms with van der Waals surface area (Å²) in [5, 5.41) is 0. The van der Waals surface area contributed by atoms with Gasteiger partial charge in [0.1, 0.15) is 0 Å². The third-order valence-electron chi connectivity index (χ3n) is 5.11. The van der Waals surface area contributed by atoms with Gasteiger partial charge in [0, 0.05) is 50.4 Å². The molecule has 0 bridgehead atoms. The Balaban J connectivity index is 0.00000225. The maximum Gasteiger partial charge on any atom is 0.519 e. The highest BCUT2D eigenvalue weighted by molar-refractivity contribution is 5.85. The largest absolute Gasteiger partial charge is 0.519 e.